The van der Waals surface area contributed by atoms with Gasteiger partial charge in [-0.2, -0.15) is 0 Å². The Morgan fingerprint density at radius 2 is 1.88 bits per heavy atom. The molecule has 94 valence electrons. The van der Waals surface area contributed by atoms with E-state index in [9.17, 15) is 14.3 Å². The highest BCUT2D eigenvalue weighted by atomic mass is 19.1. The van der Waals surface area contributed by atoms with Gasteiger partial charge in [0.2, 0.25) is 0 Å². The number of aliphatic hydroxyl groups excluding tert-OH is 1. The Hall–Kier alpha value is -0.640. The molecule has 0 aromatic carbocycles. The fraction of sp³-hybridized carbons (Fsp3) is 0.917. The van der Waals surface area contributed by atoms with E-state index in [2.05, 4.69) is 18.6 Å². The monoisotopic (exact) mass is 232 g/mol. The fourth-order valence-corrected chi connectivity index (χ4v) is 2.05. The lowest BCUT2D eigenvalue weighted by Crippen LogP contribution is -2.47. The zero-order valence-electron chi connectivity index (χ0n) is 10.3. The lowest BCUT2D eigenvalue weighted by molar-refractivity contribution is -0.165. The summed E-state index contributed by atoms with van der Waals surface area (Å²) in [6.07, 6.45) is 0.170. The van der Waals surface area contributed by atoms with Gasteiger partial charge in [-0.25, -0.2) is 9.18 Å². The van der Waals surface area contributed by atoms with Gasteiger partial charge in [-0.1, -0.05) is 13.8 Å². The van der Waals surface area contributed by atoms with E-state index < -0.39 is 17.7 Å². The topological polar surface area (TPSA) is 46.5 Å². The molecule has 0 radical (unpaired) electrons. The molecule has 1 aliphatic carbocycles. The van der Waals surface area contributed by atoms with Gasteiger partial charge in [-0.05, 0) is 38.0 Å². The molecule has 0 aliphatic heterocycles. The third-order valence-electron chi connectivity index (χ3n) is 3.43. The van der Waals surface area contributed by atoms with Crippen molar-refractivity contribution in [2.45, 2.75) is 58.2 Å². The van der Waals surface area contributed by atoms with Gasteiger partial charge in [-0.15, -0.1) is 0 Å². The van der Waals surface area contributed by atoms with Crippen molar-refractivity contribution in [2.75, 3.05) is 6.61 Å². The molecule has 1 rings (SSSR count). The minimum Gasteiger partial charge on any atom is -0.464 e. The first kappa shape index (κ1) is 13.4. The molecule has 4 heteroatoms. The Morgan fingerprint density at radius 1 is 1.38 bits per heavy atom. The first-order chi connectivity index (χ1) is 7.31. The number of halogens is 1. The third kappa shape index (κ3) is 2.94. The SMILES string of the molecule is CCOC(=O)C(O)C1(F)CCC(C)(C)CC1. The molecular formula is C12H21FO3. The lowest BCUT2D eigenvalue weighted by Gasteiger charge is -2.39. The van der Waals surface area contributed by atoms with Crippen LogP contribution < -0.4 is 0 Å². The summed E-state index contributed by atoms with van der Waals surface area (Å²) >= 11 is 0. The zero-order chi connectivity index (χ0) is 12.4. The van der Waals surface area contributed by atoms with Gasteiger partial charge < -0.3 is 9.84 Å². The van der Waals surface area contributed by atoms with Crippen LogP contribution in [-0.4, -0.2) is 29.5 Å². The maximum Gasteiger partial charge on any atom is 0.338 e. The van der Waals surface area contributed by atoms with Crippen LogP contribution in [0, 0.1) is 5.41 Å². The van der Waals surface area contributed by atoms with Crippen LogP contribution in [0.25, 0.3) is 0 Å². The number of hydrogen-bond donors (Lipinski definition) is 1. The van der Waals surface area contributed by atoms with Gasteiger partial charge in [-0.3, -0.25) is 0 Å². The second-order valence-electron chi connectivity index (χ2n) is 5.35. The largest absolute Gasteiger partial charge is 0.464 e. The second-order valence-corrected chi connectivity index (χ2v) is 5.35. The van der Waals surface area contributed by atoms with Crippen LogP contribution in [-0.2, 0) is 9.53 Å². The normalized spacial score (nSPS) is 24.8. The van der Waals surface area contributed by atoms with Crippen LogP contribution in [0.15, 0.2) is 0 Å². The predicted octanol–water partition coefficient (Wildman–Crippen LogP) is 2.22. The van der Waals surface area contributed by atoms with Crippen molar-refractivity contribution < 1.29 is 19.0 Å². The van der Waals surface area contributed by atoms with Crippen molar-refractivity contribution in [3.05, 3.63) is 0 Å². The summed E-state index contributed by atoms with van der Waals surface area (Å²) < 4.78 is 19.0. The Bertz CT molecular complexity index is 253. The molecule has 1 saturated carbocycles. The quantitative estimate of drug-likeness (QED) is 0.759. The summed E-state index contributed by atoms with van der Waals surface area (Å²) in [6.45, 7) is 5.95. The Kier molecular flexibility index (Phi) is 3.94. The minimum atomic E-state index is -1.80. The van der Waals surface area contributed by atoms with Crippen molar-refractivity contribution in [3.8, 4) is 0 Å². The maximum absolute atomic E-state index is 14.3. The van der Waals surface area contributed by atoms with Crippen molar-refractivity contribution in [1.82, 2.24) is 0 Å². The molecule has 0 aromatic heterocycles. The van der Waals surface area contributed by atoms with Crippen LogP contribution in [0.5, 0.6) is 0 Å². The van der Waals surface area contributed by atoms with E-state index in [4.69, 9.17) is 0 Å². The Labute approximate surface area is 96.0 Å². The molecule has 0 saturated heterocycles. The summed E-state index contributed by atoms with van der Waals surface area (Å²) in [4.78, 5) is 11.3. The predicted molar refractivity (Wildman–Crippen MR) is 58.7 cm³/mol. The molecular weight excluding hydrogens is 211 g/mol. The van der Waals surface area contributed by atoms with Crippen LogP contribution >= 0.6 is 0 Å². The van der Waals surface area contributed by atoms with Gasteiger partial charge in [0.25, 0.3) is 0 Å². The number of esters is 1. The summed E-state index contributed by atoms with van der Waals surface area (Å²) in [5.74, 6) is -0.843. The van der Waals surface area contributed by atoms with Crippen molar-refractivity contribution >= 4 is 5.97 Å². The summed E-state index contributed by atoms with van der Waals surface area (Å²) in [6, 6.07) is 0. The van der Waals surface area contributed by atoms with Gasteiger partial charge >= 0.3 is 5.97 Å². The van der Waals surface area contributed by atoms with Gasteiger partial charge in [0.05, 0.1) is 6.61 Å². The highest BCUT2D eigenvalue weighted by Crippen LogP contribution is 2.43. The number of carbonyl (C=O) groups is 1. The third-order valence-corrected chi connectivity index (χ3v) is 3.43. The molecule has 3 nitrogen and oxygen atoms in total. The fourth-order valence-electron chi connectivity index (χ4n) is 2.05. The molecule has 1 unspecified atom stereocenters. The average molecular weight is 232 g/mol. The second kappa shape index (κ2) is 4.70. The molecule has 0 heterocycles. The smallest absolute Gasteiger partial charge is 0.338 e. The molecule has 1 N–H and O–H groups in total. The van der Waals surface area contributed by atoms with Crippen LogP contribution in [0.4, 0.5) is 4.39 Å². The number of carbonyl (C=O) groups excluding carboxylic acids is 1. The van der Waals surface area contributed by atoms with Crippen LogP contribution in [0.1, 0.15) is 46.5 Å². The van der Waals surface area contributed by atoms with E-state index in [1.165, 1.54) is 0 Å². The van der Waals surface area contributed by atoms with E-state index in [0.29, 0.717) is 12.8 Å². The first-order valence-electron chi connectivity index (χ1n) is 5.84. The molecule has 1 fully saturated rings. The molecule has 0 amide bonds. The highest BCUT2D eigenvalue weighted by Gasteiger charge is 2.47. The molecule has 0 aromatic rings. The van der Waals surface area contributed by atoms with E-state index >= 15 is 0 Å². The number of alkyl halides is 1. The number of hydrogen-bond acceptors (Lipinski definition) is 3. The first-order valence-corrected chi connectivity index (χ1v) is 5.84. The maximum atomic E-state index is 14.3. The van der Waals surface area contributed by atoms with Gasteiger partial charge in [0.1, 0.15) is 5.67 Å². The Balaban J connectivity index is 2.62. The van der Waals surface area contributed by atoms with Crippen LogP contribution in [0.3, 0.4) is 0 Å². The number of rotatable bonds is 3. The molecule has 16 heavy (non-hydrogen) atoms. The van der Waals surface area contributed by atoms with Crippen molar-refractivity contribution in [3.63, 3.8) is 0 Å². The average Bonchev–Trinajstić information content (AvgIpc) is 2.22. The number of aliphatic hydroxyl groups is 1. The standard InChI is InChI=1S/C12H21FO3/c1-4-16-10(15)9(14)12(13)7-5-11(2,3)6-8-12/h9,14H,4-8H2,1-3H3. The van der Waals surface area contributed by atoms with E-state index in [-0.39, 0.29) is 24.9 Å². The highest BCUT2D eigenvalue weighted by molar-refractivity contribution is 5.76. The zero-order valence-corrected chi connectivity index (χ0v) is 10.3. The summed E-state index contributed by atoms with van der Waals surface area (Å²) in [5.41, 5.74) is -1.70. The van der Waals surface area contributed by atoms with E-state index in [0.717, 1.165) is 0 Å². The van der Waals surface area contributed by atoms with Gasteiger partial charge in [0, 0.05) is 0 Å². The molecule has 0 spiro atoms. The van der Waals surface area contributed by atoms with Crippen molar-refractivity contribution in [1.29, 1.82) is 0 Å². The van der Waals surface area contributed by atoms with Crippen LogP contribution in [0.2, 0.25) is 0 Å². The van der Waals surface area contributed by atoms with Gasteiger partial charge in [0.15, 0.2) is 6.10 Å². The summed E-state index contributed by atoms with van der Waals surface area (Å²) in [5, 5.41) is 9.65. The minimum absolute atomic E-state index is 0.101. The van der Waals surface area contributed by atoms with Crippen molar-refractivity contribution in [2.24, 2.45) is 5.41 Å². The molecule has 1 aliphatic rings. The lowest BCUT2D eigenvalue weighted by atomic mass is 9.70. The summed E-state index contributed by atoms with van der Waals surface area (Å²) in [7, 11) is 0. The molecule has 1 atom stereocenters. The molecule has 0 bridgehead atoms. The van der Waals surface area contributed by atoms with E-state index in [1.54, 1.807) is 6.92 Å². The number of ether oxygens (including phenoxy) is 1. The Morgan fingerprint density at radius 3 is 2.31 bits per heavy atom. The van der Waals surface area contributed by atoms with E-state index in [1.807, 2.05) is 0 Å².